The second kappa shape index (κ2) is 8.97. The number of hydrogen-bond donors (Lipinski definition) is 1. The normalized spacial score (nSPS) is 27.6. The summed E-state index contributed by atoms with van der Waals surface area (Å²) in [5, 5.41) is 3.36. The minimum atomic E-state index is -0.220. The number of carbonyl (C=O) groups is 1. The number of piperazine rings is 1. The van der Waals surface area contributed by atoms with E-state index in [-0.39, 0.29) is 30.2 Å². The van der Waals surface area contributed by atoms with Crippen molar-refractivity contribution >= 4 is 18.3 Å². The van der Waals surface area contributed by atoms with Crippen LogP contribution in [0.4, 0.5) is 4.39 Å². The fraction of sp³-hybridized carbons (Fsp3) is 0.632. The van der Waals surface area contributed by atoms with Gasteiger partial charge in [0.2, 0.25) is 5.91 Å². The van der Waals surface area contributed by atoms with Gasteiger partial charge in [-0.05, 0) is 50.8 Å². The van der Waals surface area contributed by atoms with Gasteiger partial charge in [0, 0.05) is 37.8 Å². The summed E-state index contributed by atoms with van der Waals surface area (Å²) in [5.74, 6) is -0.0133. The lowest BCUT2D eigenvalue weighted by molar-refractivity contribution is -0.139. The Bertz CT molecular complexity index is 576. The third-order valence-electron chi connectivity index (χ3n) is 5.41. The van der Waals surface area contributed by atoms with Crippen molar-refractivity contribution in [3.63, 3.8) is 0 Å². The Morgan fingerprint density at radius 2 is 2.00 bits per heavy atom. The lowest BCUT2D eigenvalue weighted by Crippen LogP contribution is -2.54. The van der Waals surface area contributed by atoms with Crippen LogP contribution in [0.3, 0.4) is 0 Å². The van der Waals surface area contributed by atoms with E-state index in [1.165, 1.54) is 12.5 Å². The standard InChI is InChI=1S/C19H28FN3O.ClH/c1-14-5-3-6-15(2)23(14)19(24)13-22-10-9-21-12-18(22)16-7-4-8-17(20)11-16;/h4,7-8,11,14-15,18,21H,3,5-6,9-10,12-13H2,1-2H3;1H. The molecule has 2 saturated heterocycles. The number of benzene rings is 1. The van der Waals surface area contributed by atoms with Crippen LogP contribution in [0.15, 0.2) is 24.3 Å². The van der Waals surface area contributed by atoms with Crippen molar-refractivity contribution < 1.29 is 9.18 Å². The SMILES string of the molecule is CC1CCCC(C)N1C(=O)CN1CCNCC1c1cccc(F)c1.Cl. The predicted molar refractivity (Wildman–Crippen MR) is 100 cm³/mol. The lowest BCUT2D eigenvalue weighted by Gasteiger charge is -2.42. The van der Waals surface area contributed by atoms with Gasteiger partial charge in [-0.2, -0.15) is 0 Å². The van der Waals surface area contributed by atoms with E-state index in [1.807, 2.05) is 6.07 Å². The number of amides is 1. The molecule has 0 bridgehead atoms. The minimum absolute atomic E-state index is 0. The summed E-state index contributed by atoms with van der Waals surface area (Å²) in [5.41, 5.74) is 0.940. The first-order chi connectivity index (χ1) is 11.6. The third-order valence-corrected chi connectivity index (χ3v) is 5.41. The maximum Gasteiger partial charge on any atom is 0.237 e. The molecule has 0 aromatic heterocycles. The van der Waals surface area contributed by atoms with Crippen molar-refractivity contribution in [1.29, 1.82) is 0 Å². The molecule has 6 heteroatoms. The van der Waals surface area contributed by atoms with Crippen LogP contribution in [0, 0.1) is 5.82 Å². The van der Waals surface area contributed by atoms with Gasteiger partial charge < -0.3 is 10.2 Å². The smallest absolute Gasteiger partial charge is 0.237 e. The van der Waals surface area contributed by atoms with Crippen molar-refractivity contribution in [2.75, 3.05) is 26.2 Å². The van der Waals surface area contributed by atoms with Crippen LogP contribution in [0.5, 0.6) is 0 Å². The number of halogens is 2. The highest BCUT2D eigenvalue weighted by molar-refractivity contribution is 5.85. The minimum Gasteiger partial charge on any atom is -0.336 e. The molecule has 2 aliphatic rings. The number of likely N-dealkylation sites (tertiary alicyclic amines) is 1. The fourth-order valence-corrected chi connectivity index (χ4v) is 4.15. The van der Waals surface area contributed by atoms with Crippen LogP contribution < -0.4 is 5.32 Å². The number of piperidine rings is 1. The quantitative estimate of drug-likeness (QED) is 0.889. The summed E-state index contributed by atoms with van der Waals surface area (Å²) >= 11 is 0. The summed E-state index contributed by atoms with van der Waals surface area (Å²) in [4.78, 5) is 17.2. The molecule has 2 heterocycles. The maximum absolute atomic E-state index is 13.6. The van der Waals surface area contributed by atoms with E-state index in [4.69, 9.17) is 0 Å². The number of rotatable bonds is 3. The highest BCUT2D eigenvalue weighted by Crippen LogP contribution is 2.26. The Labute approximate surface area is 156 Å². The fourth-order valence-electron chi connectivity index (χ4n) is 4.15. The second-order valence-corrected chi connectivity index (χ2v) is 7.18. The molecule has 1 N–H and O–H groups in total. The molecule has 3 atom stereocenters. The van der Waals surface area contributed by atoms with Gasteiger partial charge >= 0.3 is 0 Å². The highest BCUT2D eigenvalue weighted by atomic mass is 35.5. The molecular weight excluding hydrogens is 341 g/mol. The zero-order valence-corrected chi connectivity index (χ0v) is 15.9. The van der Waals surface area contributed by atoms with E-state index in [1.54, 1.807) is 12.1 Å². The molecule has 4 nitrogen and oxygen atoms in total. The Balaban J connectivity index is 0.00000225. The van der Waals surface area contributed by atoms with Gasteiger partial charge in [-0.15, -0.1) is 12.4 Å². The lowest BCUT2D eigenvalue weighted by atomic mass is 9.97. The van der Waals surface area contributed by atoms with Gasteiger partial charge in [0.05, 0.1) is 6.54 Å². The highest BCUT2D eigenvalue weighted by Gasteiger charge is 2.32. The number of nitrogens with zero attached hydrogens (tertiary/aromatic N) is 2. The second-order valence-electron chi connectivity index (χ2n) is 7.18. The molecule has 3 unspecified atom stereocenters. The van der Waals surface area contributed by atoms with Gasteiger partial charge in [-0.1, -0.05) is 12.1 Å². The molecule has 0 saturated carbocycles. The summed E-state index contributed by atoms with van der Waals surface area (Å²) in [6, 6.07) is 7.42. The van der Waals surface area contributed by atoms with Crippen molar-refractivity contribution in [1.82, 2.24) is 15.1 Å². The molecule has 2 aliphatic heterocycles. The Morgan fingerprint density at radius 1 is 1.28 bits per heavy atom. The van der Waals surface area contributed by atoms with E-state index in [0.717, 1.165) is 38.0 Å². The van der Waals surface area contributed by atoms with Gasteiger partial charge in [0.15, 0.2) is 0 Å². The third kappa shape index (κ3) is 4.72. The molecule has 0 spiro atoms. The van der Waals surface area contributed by atoms with Crippen LogP contribution in [-0.4, -0.2) is 54.0 Å². The molecule has 140 valence electrons. The van der Waals surface area contributed by atoms with E-state index >= 15 is 0 Å². The van der Waals surface area contributed by atoms with Crippen LogP contribution in [-0.2, 0) is 4.79 Å². The predicted octanol–water partition coefficient (Wildman–Crippen LogP) is 2.98. The summed E-state index contributed by atoms with van der Waals surface area (Å²) in [6.07, 6.45) is 3.38. The van der Waals surface area contributed by atoms with Gasteiger partial charge in [-0.25, -0.2) is 4.39 Å². The van der Waals surface area contributed by atoms with Crippen LogP contribution in [0.2, 0.25) is 0 Å². The molecule has 1 aromatic rings. The molecule has 1 amide bonds. The Morgan fingerprint density at radius 3 is 2.68 bits per heavy atom. The summed E-state index contributed by atoms with van der Waals surface area (Å²) in [7, 11) is 0. The molecule has 0 aliphatic carbocycles. The number of hydrogen-bond acceptors (Lipinski definition) is 3. The maximum atomic E-state index is 13.6. The molecular formula is C19H29ClFN3O. The zero-order valence-electron chi connectivity index (χ0n) is 15.1. The first kappa shape index (κ1) is 20.1. The first-order valence-corrected chi connectivity index (χ1v) is 9.07. The summed E-state index contributed by atoms with van der Waals surface area (Å²) < 4.78 is 13.6. The molecule has 0 radical (unpaired) electrons. The summed E-state index contributed by atoms with van der Waals surface area (Å²) in [6.45, 7) is 7.14. The number of nitrogens with one attached hydrogen (secondary N) is 1. The van der Waals surface area contributed by atoms with Gasteiger partial charge in [0.25, 0.3) is 0 Å². The molecule has 25 heavy (non-hydrogen) atoms. The van der Waals surface area contributed by atoms with E-state index in [9.17, 15) is 9.18 Å². The zero-order chi connectivity index (χ0) is 17.1. The van der Waals surface area contributed by atoms with Crippen molar-refractivity contribution in [2.45, 2.75) is 51.2 Å². The van der Waals surface area contributed by atoms with E-state index in [0.29, 0.717) is 18.6 Å². The van der Waals surface area contributed by atoms with Crippen molar-refractivity contribution in [2.24, 2.45) is 0 Å². The van der Waals surface area contributed by atoms with E-state index < -0.39 is 0 Å². The Kier molecular flexibility index (Phi) is 7.23. The van der Waals surface area contributed by atoms with Gasteiger partial charge in [0.1, 0.15) is 5.82 Å². The van der Waals surface area contributed by atoms with Gasteiger partial charge in [-0.3, -0.25) is 9.69 Å². The van der Waals surface area contributed by atoms with Crippen LogP contribution in [0.25, 0.3) is 0 Å². The average Bonchev–Trinajstić information content (AvgIpc) is 2.55. The van der Waals surface area contributed by atoms with Crippen LogP contribution >= 0.6 is 12.4 Å². The number of carbonyl (C=O) groups excluding carboxylic acids is 1. The van der Waals surface area contributed by atoms with E-state index in [2.05, 4.69) is 29.0 Å². The van der Waals surface area contributed by atoms with Crippen LogP contribution in [0.1, 0.15) is 44.7 Å². The Hall–Kier alpha value is -1.17. The largest absolute Gasteiger partial charge is 0.336 e. The van der Waals surface area contributed by atoms with Crippen molar-refractivity contribution in [3.8, 4) is 0 Å². The average molecular weight is 370 g/mol. The van der Waals surface area contributed by atoms with Crippen molar-refractivity contribution in [3.05, 3.63) is 35.6 Å². The monoisotopic (exact) mass is 369 g/mol. The molecule has 2 fully saturated rings. The molecule has 3 rings (SSSR count). The molecule has 1 aromatic carbocycles. The first-order valence-electron chi connectivity index (χ1n) is 9.07. The topological polar surface area (TPSA) is 35.6 Å².